The second-order valence-electron chi connectivity index (χ2n) is 9.54. The molecule has 0 radical (unpaired) electrons. The number of nitrogens with zero attached hydrogens (tertiary/aromatic N) is 2. The minimum absolute atomic E-state index is 0.194. The minimum Gasteiger partial charge on any atom is -0.361 e. The summed E-state index contributed by atoms with van der Waals surface area (Å²) in [5.74, 6) is 0.448. The number of piperidine rings is 1. The predicted octanol–water partition coefficient (Wildman–Crippen LogP) is 5.31. The molecule has 3 heterocycles. The number of fused-ring (bicyclic) bond motifs is 1. The summed E-state index contributed by atoms with van der Waals surface area (Å²) in [6.07, 6.45) is 6.27. The van der Waals surface area contributed by atoms with Gasteiger partial charge in [0.15, 0.2) is 0 Å². The van der Waals surface area contributed by atoms with Crippen molar-refractivity contribution in [3.05, 3.63) is 72.2 Å². The zero-order chi connectivity index (χ0) is 23.3. The molecule has 3 aromatic carbocycles. The SMILES string of the molecule is O=S1(=O)c2cccc3cccc(c23)N1CCN1CCC(CCc2c[nH]c3ccc(F)cc23)CC1. The van der Waals surface area contributed by atoms with Gasteiger partial charge in [0.2, 0.25) is 0 Å². The van der Waals surface area contributed by atoms with Crippen LogP contribution in [0.25, 0.3) is 21.7 Å². The van der Waals surface area contributed by atoms with Gasteiger partial charge in [-0.3, -0.25) is 4.31 Å². The second-order valence-corrected chi connectivity index (χ2v) is 11.4. The Bertz CT molecular complexity index is 1470. The largest absolute Gasteiger partial charge is 0.361 e. The third-order valence-corrected chi connectivity index (χ3v) is 9.41. The first-order chi connectivity index (χ1) is 16.5. The lowest BCUT2D eigenvalue weighted by Gasteiger charge is -2.33. The lowest BCUT2D eigenvalue weighted by Crippen LogP contribution is -2.40. The van der Waals surface area contributed by atoms with Crippen molar-refractivity contribution in [1.82, 2.24) is 9.88 Å². The Morgan fingerprint density at radius 1 is 1.00 bits per heavy atom. The van der Waals surface area contributed by atoms with Gasteiger partial charge in [-0.05, 0) is 86.0 Å². The molecule has 4 aromatic rings. The van der Waals surface area contributed by atoms with E-state index in [1.165, 1.54) is 11.6 Å². The molecule has 6 rings (SSSR count). The molecule has 0 spiro atoms. The van der Waals surface area contributed by atoms with Crippen LogP contribution in [0.1, 0.15) is 24.8 Å². The molecule has 0 bridgehead atoms. The number of H-pyrrole nitrogens is 1. The van der Waals surface area contributed by atoms with Gasteiger partial charge in [0.05, 0.1) is 10.6 Å². The summed E-state index contributed by atoms with van der Waals surface area (Å²) in [6, 6.07) is 16.2. The third kappa shape index (κ3) is 3.67. The van der Waals surface area contributed by atoms with Crippen LogP contribution in [0, 0.1) is 11.7 Å². The van der Waals surface area contributed by atoms with Crippen molar-refractivity contribution >= 4 is 37.4 Å². The normalized spacial score (nSPS) is 18.3. The smallest absolute Gasteiger partial charge is 0.265 e. The van der Waals surface area contributed by atoms with Gasteiger partial charge in [-0.15, -0.1) is 0 Å². The Morgan fingerprint density at radius 3 is 2.62 bits per heavy atom. The zero-order valence-electron chi connectivity index (χ0n) is 19.0. The lowest BCUT2D eigenvalue weighted by molar-refractivity contribution is 0.184. The number of rotatable bonds is 6. The van der Waals surface area contributed by atoms with Gasteiger partial charge in [-0.1, -0.05) is 24.3 Å². The zero-order valence-corrected chi connectivity index (χ0v) is 19.8. The molecule has 0 atom stereocenters. The molecule has 5 nitrogen and oxygen atoms in total. The number of likely N-dealkylation sites (tertiary alicyclic amines) is 1. The lowest BCUT2D eigenvalue weighted by atomic mass is 9.90. The number of sulfonamides is 1. The van der Waals surface area contributed by atoms with Crippen molar-refractivity contribution in [1.29, 1.82) is 0 Å². The molecule has 0 unspecified atom stereocenters. The number of nitrogens with one attached hydrogen (secondary N) is 1. The van der Waals surface area contributed by atoms with Crippen molar-refractivity contribution in [3.8, 4) is 0 Å². The quantitative estimate of drug-likeness (QED) is 0.409. The van der Waals surface area contributed by atoms with Crippen LogP contribution in [0.2, 0.25) is 0 Å². The summed E-state index contributed by atoms with van der Waals surface area (Å²) < 4.78 is 41.6. The van der Waals surface area contributed by atoms with Crippen LogP contribution in [-0.2, 0) is 16.4 Å². The number of aryl methyl sites for hydroxylation is 1. The molecule has 1 fully saturated rings. The maximum Gasteiger partial charge on any atom is 0.265 e. The molecule has 34 heavy (non-hydrogen) atoms. The van der Waals surface area contributed by atoms with Crippen LogP contribution in [0.5, 0.6) is 0 Å². The standard InChI is InChI=1S/C27H28FN3O2S/c28-22-9-10-24-23(17-22)21(18-29-24)8-7-19-11-13-30(14-12-19)15-16-31-25-5-1-3-20-4-2-6-26(27(20)25)34(31,32)33/h1-6,9-10,17-19,29H,7-8,11-16H2. The van der Waals surface area contributed by atoms with Crippen LogP contribution in [-0.4, -0.2) is 44.5 Å². The highest BCUT2D eigenvalue weighted by atomic mass is 32.2. The van der Waals surface area contributed by atoms with Gasteiger partial charge in [0.1, 0.15) is 5.82 Å². The van der Waals surface area contributed by atoms with Crippen molar-refractivity contribution in [2.45, 2.75) is 30.6 Å². The number of hydrogen-bond donors (Lipinski definition) is 1. The van der Waals surface area contributed by atoms with E-state index in [1.54, 1.807) is 22.5 Å². The van der Waals surface area contributed by atoms with E-state index in [4.69, 9.17) is 0 Å². The van der Waals surface area contributed by atoms with E-state index in [-0.39, 0.29) is 5.82 Å². The summed E-state index contributed by atoms with van der Waals surface area (Å²) in [5.41, 5.74) is 2.98. The van der Waals surface area contributed by atoms with E-state index < -0.39 is 10.0 Å². The average Bonchev–Trinajstić information content (AvgIpc) is 3.34. The van der Waals surface area contributed by atoms with Gasteiger partial charge in [-0.2, -0.15) is 0 Å². The monoisotopic (exact) mass is 477 g/mol. The minimum atomic E-state index is -3.49. The number of anilines is 1. The first kappa shape index (κ1) is 21.6. The van der Waals surface area contributed by atoms with Gasteiger partial charge < -0.3 is 9.88 Å². The molecular weight excluding hydrogens is 449 g/mol. The van der Waals surface area contributed by atoms with Crippen LogP contribution >= 0.6 is 0 Å². The molecule has 0 saturated carbocycles. The van der Waals surface area contributed by atoms with E-state index >= 15 is 0 Å². The number of hydrogen-bond acceptors (Lipinski definition) is 3. The fourth-order valence-electron chi connectivity index (χ4n) is 5.65. The average molecular weight is 478 g/mol. The van der Waals surface area contributed by atoms with E-state index in [2.05, 4.69) is 9.88 Å². The summed E-state index contributed by atoms with van der Waals surface area (Å²) >= 11 is 0. The summed E-state index contributed by atoms with van der Waals surface area (Å²) in [5, 5.41) is 2.81. The van der Waals surface area contributed by atoms with Gasteiger partial charge in [0.25, 0.3) is 10.0 Å². The summed E-state index contributed by atoms with van der Waals surface area (Å²) in [6.45, 7) is 3.18. The maximum atomic E-state index is 13.6. The van der Waals surface area contributed by atoms with Crippen LogP contribution in [0.15, 0.2) is 65.7 Å². The topological polar surface area (TPSA) is 56.4 Å². The molecular formula is C27H28FN3O2S. The van der Waals surface area contributed by atoms with E-state index in [1.807, 2.05) is 36.5 Å². The van der Waals surface area contributed by atoms with Crippen molar-refractivity contribution in [2.75, 3.05) is 30.5 Å². The Labute approximate surface area is 199 Å². The number of aromatic amines is 1. The van der Waals surface area contributed by atoms with E-state index in [0.717, 1.165) is 72.7 Å². The Kier molecular flexibility index (Phi) is 5.34. The highest BCUT2D eigenvalue weighted by Gasteiger charge is 2.35. The van der Waals surface area contributed by atoms with Gasteiger partial charge in [0, 0.05) is 35.6 Å². The first-order valence-corrected chi connectivity index (χ1v) is 13.5. The Hall–Kier alpha value is -2.90. The fraction of sp³-hybridized carbons (Fsp3) is 0.333. The third-order valence-electron chi connectivity index (χ3n) is 7.56. The van der Waals surface area contributed by atoms with E-state index in [9.17, 15) is 12.8 Å². The van der Waals surface area contributed by atoms with Gasteiger partial charge in [-0.25, -0.2) is 12.8 Å². The fourth-order valence-corrected chi connectivity index (χ4v) is 7.35. The molecule has 0 aliphatic carbocycles. The molecule has 0 amide bonds. The first-order valence-electron chi connectivity index (χ1n) is 12.0. The van der Waals surface area contributed by atoms with Crippen molar-refractivity contribution < 1.29 is 12.8 Å². The molecule has 2 aliphatic heterocycles. The molecule has 176 valence electrons. The number of aromatic nitrogens is 1. The summed E-state index contributed by atoms with van der Waals surface area (Å²) in [4.78, 5) is 6.06. The molecule has 1 saturated heterocycles. The van der Waals surface area contributed by atoms with Crippen LogP contribution < -0.4 is 4.31 Å². The number of halogens is 1. The predicted molar refractivity (Wildman–Crippen MR) is 134 cm³/mol. The number of benzene rings is 3. The van der Waals surface area contributed by atoms with Crippen molar-refractivity contribution in [3.63, 3.8) is 0 Å². The van der Waals surface area contributed by atoms with E-state index in [0.29, 0.717) is 17.4 Å². The molecule has 2 aliphatic rings. The Morgan fingerprint density at radius 2 is 1.79 bits per heavy atom. The van der Waals surface area contributed by atoms with Crippen LogP contribution in [0.3, 0.4) is 0 Å². The maximum absolute atomic E-state index is 13.6. The highest BCUT2D eigenvalue weighted by molar-refractivity contribution is 7.93. The van der Waals surface area contributed by atoms with Crippen molar-refractivity contribution in [2.24, 2.45) is 5.92 Å². The van der Waals surface area contributed by atoms with Crippen LogP contribution in [0.4, 0.5) is 10.1 Å². The second kappa shape index (κ2) is 8.40. The van der Waals surface area contributed by atoms with Gasteiger partial charge >= 0.3 is 0 Å². The molecule has 7 heteroatoms. The molecule has 1 aromatic heterocycles. The highest BCUT2D eigenvalue weighted by Crippen LogP contribution is 2.41. The Balaban J connectivity index is 1.05. The summed E-state index contributed by atoms with van der Waals surface area (Å²) in [7, 11) is -3.49. The molecule has 1 N–H and O–H groups in total.